The molecular weight excluding hydrogens is 356 g/mol. The number of fused-ring (bicyclic) bond motifs is 1. The number of aryl methyl sites for hydroxylation is 2. The number of nitrogens with zero attached hydrogens (tertiary/aromatic N) is 1. The first-order valence-corrected chi connectivity index (χ1v) is 10.4. The molecule has 0 amide bonds. The molecule has 0 atom stereocenters. The zero-order valence-corrected chi connectivity index (χ0v) is 15.8. The van der Waals surface area contributed by atoms with Gasteiger partial charge < -0.3 is 0 Å². The minimum atomic E-state index is -3.63. The minimum absolute atomic E-state index is 0.0564. The molecule has 1 heterocycles. The number of benzene rings is 2. The van der Waals surface area contributed by atoms with Crippen LogP contribution in [0, 0.1) is 6.92 Å². The maximum absolute atomic E-state index is 12.6. The summed E-state index contributed by atoms with van der Waals surface area (Å²) in [7, 11) is -3.63. The summed E-state index contributed by atoms with van der Waals surface area (Å²) in [6.07, 6.45) is 0.851. The number of aromatic nitrogens is 1. The number of nitrogens with one attached hydrogen (secondary N) is 1. The van der Waals surface area contributed by atoms with Gasteiger partial charge in [-0.15, -0.1) is 0 Å². The van der Waals surface area contributed by atoms with Crippen molar-refractivity contribution in [2.45, 2.75) is 38.3 Å². The fourth-order valence-electron chi connectivity index (χ4n) is 2.73. The van der Waals surface area contributed by atoms with Gasteiger partial charge in [0.25, 0.3) is 0 Å². The van der Waals surface area contributed by atoms with E-state index in [0.717, 1.165) is 34.4 Å². The van der Waals surface area contributed by atoms with Crippen LogP contribution in [0.1, 0.15) is 24.5 Å². The van der Waals surface area contributed by atoms with E-state index in [-0.39, 0.29) is 16.3 Å². The lowest BCUT2D eigenvalue weighted by atomic mass is 10.1. The molecular formula is C18H20N2O3S2. The number of sulfonamides is 1. The molecule has 25 heavy (non-hydrogen) atoms. The molecule has 2 aromatic carbocycles. The molecule has 5 nitrogen and oxygen atoms in total. The van der Waals surface area contributed by atoms with Gasteiger partial charge in [0, 0.05) is 13.1 Å². The van der Waals surface area contributed by atoms with Crippen molar-refractivity contribution in [1.82, 2.24) is 9.29 Å². The van der Waals surface area contributed by atoms with Gasteiger partial charge in [-0.3, -0.25) is 9.36 Å². The van der Waals surface area contributed by atoms with Gasteiger partial charge in [-0.1, -0.05) is 48.1 Å². The van der Waals surface area contributed by atoms with E-state index in [4.69, 9.17) is 0 Å². The maximum Gasteiger partial charge on any atom is 0.308 e. The zero-order chi connectivity index (χ0) is 18.0. The van der Waals surface area contributed by atoms with Crippen molar-refractivity contribution in [2.75, 3.05) is 0 Å². The second kappa shape index (κ2) is 7.11. The molecule has 0 spiro atoms. The van der Waals surface area contributed by atoms with Crippen molar-refractivity contribution >= 4 is 31.6 Å². The second-order valence-corrected chi connectivity index (χ2v) is 8.72. The summed E-state index contributed by atoms with van der Waals surface area (Å²) in [5, 5.41) is 0. The van der Waals surface area contributed by atoms with E-state index in [1.165, 1.54) is 0 Å². The van der Waals surface area contributed by atoms with E-state index < -0.39 is 10.0 Å². The topological polar surface area (TPSA) is 68.2 Å². The Morgan fingerprint density at radius 3 is 2.68 bits per heavy atom. The maximum atomic E-state index is 12.6. The fraction of sp³-hybridized carbons (Fsp3) is 0.278. The molecule has 132 valence electrons. The molecule has 0 aliphatic rings. The van der Waals surface area contributed by atoms with E-state index in [9.17, 15) is 13.2 Å². The lowest BCUT2D eigenvalue weighted by molar-refractivity contribution is 0.581. The zero-order valence-electron chi connectivity index (χ0n) is 14.2. The highest BCUT2D eigenvalue weighted by Gasteiger charge is 2.16. The van der Waals surface area contributed by atoms with Crippen LogP contribution >= 0.6 is 11.3 Å². The third-order valence-electron chi connectivity index (χ3n) is 3.95. The molecule has 7 heteroatoms. The van der Waals surface area contributed by atoms with E-state index in [1.54, 1.807) is 22.8 Å². The quantitative estimate of drug-likeness (QED) is 0.718. The fourth-order valence-corrected chi connectivity index (χ4v) is 4.81. The standard InChI is InChI=1S/C18H20N2O3S2/c1-3-9-20-16-8-7-15(11-17(16)24-18(20)21)25(22,23)19-12-14-6-4-5-13(2)10-14/h4-8,10-11,19H,3,9,12H2,1-2H3. The van der Waals surface area contributed by atoms with Gasteiger partial charge in [0.15, 0.2) is 0 Å². The molecule has 0 saturated carbocycles. The first-order chi connectivity index (χ1) is 11.9. The Hall–Kier alpha value is -1.96. The van der Waals surface area contributed by atoms with Crippen molar-refractivity contribution < 1.29 is 8.42 Å². The predicted molar refractivity (Wildman–Crippen MR) is 102 cm³/mol. The van der Waals surface area contributed by atoms with Gasteiger partial charge in [0.1, 0.15) is 0 Å². The van der Waals surface area contributed by atoms with Gasteiger partial charge in [-0.05, 0) is 37.1 Å². The average Bonchev–Trinajstić information content (AvgIpc) is 2.89. The van der Waals surface area contributed by atoms with Crippen molar-refractivity contribution in [3.05, 3.63) is 63.3 Å². The summed E-state index contributed by atoms with van der Waals surface area (Å²) in [5.74, 6) is 0. The highest BCUT2D eigenvalue weighted by molar-refractivity contribution is 7.89. The highest BCUT2D eigenvalue weighted by Crippen LogP contribution is 2.22. The molecule has 1 aromatic heterocycles. The van der Waals surface area contributed by atoms with Crippen LogP contribution in [0.4, 0.5) is 0 Å². The van der Waals surface area contributed by atoms with Gasteiger partial charge >= 0.3 is 4.87 Å². The summed E-state index contributed by atoms with van der Waals surface area (Å²) in [4.78, 5) is 12.2. The predicted octanol–water partition coefficient (Wildman–Crippen LogP) is 3.26. The lowest BCUT2D eigenvalue weighted by Crippen LogP contribution is -2.23. The van der Waals surface area contributed by atoms with Crippen LogP contribution in [0.2, 0.25) is 0 Å². The minimum Gasteiger partial charge on any atom is -0.299 e. The van der Waals surface area contributed by atoms with Crippen LogP contribution in [0.25, 0.3) is 10.2 Å². The Morgan fingerprint density at radius 1 is 1.16 bits per heavy atom. The van der Waals surface area contributed by atoms with Crippen molar-refractivity contribution in [3.8, 4) is 0 Å². The number of rotatable bonds is 6. The summed E-state index contributed by atoms with van der Waals surface area (Å²) in [6.45, 7) is 4.84. The first-order valence-electron chi connectivity index (χ1n) is 8.09. The monoisotopic (exact) mass is 376 g/mol. The SMILES string of the molecule is CCCn1c(=O)sc2cc(S(=O)(=O)NCc3cccc(C)c3)ccc21. The summed E-state index contributed by atoms with van der Waals surface area (Å²) in [6, 6.07) is 12.5. The number of hydrogen-bond donors (Lipinski definition) is 1. The van der Waals surface area contributed by atoms with Gasteiger partial charge in [0.05, 0.1) is 15.1 Å². The van der Waals surface area contributed by atoms with E-state index >= 15 is 0 Å². The third-order valence-corrected chi connectivity index (χ3v) is 6.29. The van der Waals surface area contributed by atoms with Crippen LogP contribution in [0.3, 0.4) is 0 Å². The molecule has 3 rings (SSSR count). The number of hydrogen-bond acceptors (Lipinski definition) is 4. The molecule has 0 bridgehead atoms. The summed E-state index contributed by atoms with van der Waals surface area (Å²) in [5.41, 5.74) is 2.78. The van der Waals surface area contributed by atoms with Crippen molar-refractivity contribution in [2.24, 2.45) is 0 Å². The Balaban J connectivity index is 1.88. The normalized spacial score (nSPS) is 11.9. The average molecular weight is 377 g/mol. The van der Waals surface area contributed by atoms with Crippen LogP contribution < -0.4 is 9.60 Å². The highest BCUT2D eigenvalue weighted by atomic mass is 32.2. The third kappa shape index (κ3) is 3.84. The van der Waals surface area contributed by atoms with Crippen molar-refractivity contribution in [1.29, 1.82) is 0 Å². The molecule has 0 aliphatic heterocycles. The Bertz CT molecular complexity index is 1070. The molecule has 0 aliphatic carbocycles. The molecule has 0 radical (unpaired) electrons. The second-order valence-electron chi connectivity index (χ2n) is 5.96. The van der Waals surface area contributed by atoms with E-state index in [1.807, 2.05) is 38.1 Å². The van der Waals surface area contributed by atoms with Gasteiger partial charge in [0.2, 0.25) is 10.0 Å². The van der Waals surface area contributed by atoms with Crippen LogP contribution in [0.5, 0.6) is 0 Å². The van der Waals surface area contributed by atoms with Gasteiger partial charge in [-0.25, -0.2) is 13.1 Å². The number of thiazole rings is 1. The largest absolute Gasteiger partial charge is 0.308 e. The van der Waals surface area contributed by atoms with Crippen LogP contribution in [-0.4, -0.2) is 13.0 Å². The molecule has 0 fully saturated rings. The Morgan fingerprint density at radius 2 is 1.96 bits per heavy atom. The molecule has 0 unspecified atom stereocenters. The Labute approximate surface area is 151 Å². The Kier molecular flexibility index (Phi) is 5.08. The smallest absolute Gasteiger partial charge is 0.299 e. The van der Waals surface area contributed by atoms with E-state index in [2.05, 4.69) is 4.72 Å². The van der Waals surface area contributed by atoms with Crippen LogP contribution in [-0.2, 0) is 23.1 Å². The van der Waals surface area contributed by atoms with Crippen molar-refractivity contribution in [3.63, 3.8) is 0 Å². The summed E-state index contributed by atoms with van der Waals surface area (Å²) >= 11 is 1.08. The van der Waals surface area contributed by atoms with Gasteiger partial charge in [-0.2, -0.15) is 0 Å². The summed E-state index contributed by atoms with van der Waals surface area (Å²) < 4.78 is 30.1. The molecule has 3 aromatic rings. The van der Waals surface area contributed by atoms with E-state index in [0.29, 0.717) is 11.2 Å². The first kappa shape index (κ1) is 17.8. The molecule has 1 N–H and O–H groups in total. The lowest BCUT2D eigenvalue weighted by Gasteiger charge is -2.08. The molecule has 0 saturated heterocycles. The van der Waals surface area contributed by atoms with Crippen LogP contribution in [0.15, 0.2) is 52.2 Å².